The molecule has 9 nitrogen and oxygen atoms in total. The summed E-state index contributed by atoms with van der Waals surface area (Å²) in [5.74, 6) is -0.774. The number of carbonyl (C=O) groups is 2. The number of aromatic nitrogens is 1. The van der Waals surface area contributed by atoms with Gasteiger partial charge in [-0.1, -0.05) is 0 Å². The number of thiazole rings is 1. The third-order valence-electron chi connectivity index (χ3n) is 5.28. The highest BCUT2D eigenvalue weighted by molar-refractivity contribution is 7.92. The van der Waals surface area contributed by atoms with Crippen molar-refractivity contribution in [2.24, 2.45) is 0 Å². The van der Waals surface area contributed by atoms with Crippen LogP contribution in [0.1, 0.15) is 11.9 Å². The Hall–Kier alpha value is -3.44. The molecule has 2 aromatic carbocycles. The topological polar surface area (TPSA) is 106 Å². The van der Waals surface area contributed by atoms with Crippen molar-refractivity contribution in [3.8, 4) is 33.2 Å². The summed E-state index contributed by atoms with van der Waals surface area (Å²) >= 11 is 1.37. The van der Waals surface area contributed by atoms with Gasteiger partial charge in [-0.15, -0.1) is 11.3 Å². The SMILES string of the molecule is COc1ccc(-c2nc(CN(C(C)=O)N3CS(=O)(=O)CC3=O)sc2-c2ccc(OC)cc2)cc1. The molecule has 0 aliphatic carbocycles. The molecule has 0 unspecified atom stereocenters. The number of hydrogen-bond donors (Lipinski definition) is 0. The largest absolute Gasteiger partial charge is 0.497 e. The summed E-state index contributed by atoms with van der Waals surface area (Å²) in [6, 6.07) is 15.0. The molecule has 0 atom stereocenters. The van der Waals surface area contributed by atoms with E-state index >= 15 is 0 Å². The molecule has 1 fully saturated rings. The zero-order valence-corrected chi connectivity index (χ0v) is 20.5. The van der Waals surface area contributed by atoms with E-state index in [9.17, 15) is 18.0 Å². The number of ether oxygens (including phenoxy) is 2. The van der Waals surface area contributed by atoms with Crippen LogP contribution >= 0.6 is 11.3 Å². The number of sulfone groups is 1. The first-order valence-corrected chi connectivity index (χ1v) is 12.9. The normalized spacial score (nSPS) is 14.8. The Kier molecular flexibility index (Phi) is 6.58. The maximum Gasteiger partial charge on any atom is 0.257 e. The summed E-state index contributed by atoms with van der Waals surface area (Å²) in [6.07, 6.45) is 0. The minimum Gasteiger partial charge on any atom is -0.497 e. The summed E-state index contributed by atoms with van der Waals surface area (Å²) in [5.41, 5.74) is 2.46. The molecule has 34 heavy (non-hydrogen) atoms. The van der Waals surface area contributed by atoms with Crippen molar-refractivity contribution in [3.63, 3.8) is 0 Å². The number of hydrazine groups is 1. The fourth-order valence-corrected chi connectivity index (χ4v) is 5.93. The molecule has 11 heteroatoms. The average Bonchev–Trinajstić information content (AvgIpc) is 3.36. The highest BCUT2D eigenvalue weighted by Gasteiger charge is 2.38. The van der Waals surface area contributed by atoms with Crippen molar-refractivity contribution in [2.75, 3.05) is 25.8 Å². The van der Waals surface area contributed by atoms with Crippen LogP contribution in [-0.4, -0.2) is 61.1 Å². The predicted octanol–water partition coefficient (Wildman–Crippen LogP) is 2.97. The van der Waals surface area contributed by atoms with Gasteiger partial charge in [0.2, 0.25) is 5.91 Å². The zero-order chi connectivity index (χ0) is 24.5. The molecule has 178 valence electrons. The first-order valence-electron chi connectivity index (χ1n) is 10.3. The minimum absolute atomic E-state index is 0.0272. The fourth-order valence-electron chi connectivity index (χ4n) is 3.58. The second-order valence-corrected chi connectivity index (χ2v) is 10.7. The van der Waals surface area contributed by atoms with Crippen LogP contribution in [0.5, 0.6) is 11.5 Å². The molecule has 1 aliphatic heterocycles. The van der Waals surface area contributed by atoms with Crippen LogP contribution in [-0.2, 0) is 26.0 Å². The Morgan fingerprint density at radius 1 is 1.03 bits per heavy atom. The third kappa shape index (κ3) is 4.90. The standard InChI is InChI=1S/C23H23N3O6S2/c1-15(27)25(26-14-34(29,30)13-21(26)28)12-20-24-22(16-4-8-18(31-2)9-5-16)23(33-20)17-6-10-19(32-3)11-7-17/h4-11H,12-14H2,1-3H3. The predicted molar refractivity (Wildman–Crippen MR) is 128 cm³/mol. The van der Waals surface area contributed by atoms with Gasteiger partial charge in [0, 0.05) is 12.5 Å². The van der Waals surface area contributed by atoms with E-state index in [1.165, 1.54) is 18.3 Å². The molecule has 2 amide bonds. The van der Waals surface area contributed by atoms with E-state index in [0.29, 0.717) is 16.5 Å². The van der Waals surface area contributed by atoms with Crippen LogP contribution in [0.25, 0.3) is 21.7 Å². The summed E-state index contributed by atoms with van der Waals surface area (Å²) in [4.78, 5) is 30.3. The maximum atomic E-state index is 12.4. The molecule has 2 heterocycles. The number of rotatable bonds is 7. The van der Waals surface area contributed by atoms with E-state index in [4.69, 9.17) is 14.5 Å². The molecule has 4 rings (SSSR count). The van der Waals surface area contributed by atoms with Crippen molar-refractivity contribution in [3.05, 3.63) is 53.5 Å². The molecule has 1 aliphatic rings. The second-order valence-electron chi connectivity index (χ2n) is 7.63. The van der Waals surface area contributed by atoms with Gasteiger partial charge in [0.15, 0.2) is 9.84 Å². The van der Waals surface area contributed by atoms with Crippen molar-refractivity contribution in [1.29, 1.82) is 0 Å². The van der Waals surface area contributed by atoms with E-state index in [1.807, 2.05) is 48.5 Å². The summed E-state index contributed by atoms with van der Waals surface area (Å²) < 4.78 is 34.4. The Morgan fingerprint density at radius 3 is 2.06 bits per heavy atom. The average molecular weight is 502 g/mol. The lowest BCUT2D eigenvalue weighted by atomic mass is 10.1. The van der Waals surface area contributed by atoms with E-state index in [-0.39, 0.29) is 6.54 Å². The molecular formula is C23H23N3O6S2. The lowest BCUT2D eigenvalue weighted by molar-refractivity contribution is -0.158. The van der Waals surface area contributed by atoms with Crippen LogP contribution in [0.4, 0.5) is 0 Å². The Labute approximate surface area is 201 Å². The van der Waals surface area contributed by atoms with E-state index in [0.717, 1.165) is 31.8 Å². The zero-order valence-electron chi connectivity index (χ0n) is 18.8. The Balaban J connectivity index is 1.74. The van der Waals surface area contributed by atoms with Gasteiger partial charge in [-0.05, 0) is 54.1 Å². The van der Waals surface area contributed by atoms with Gasteiger partial charge in [0.25, 0.3) is 5.91 Å². The maximum absolute atomic E-state index is 12.4. The smallest absolute Gasteiger partial charge is 0.257 e. The molecule has 1 saturated heterocycles. The van der Waals surface area contributed by atoms with Crippen molar-refractivity contribution in [2.45, 2.75) is 13.5 Å². The lowest BCUT2D eigenvalue weighted by Crippen LogP contribution is -2.46. The molecule has 0 spiro atoms. The molecular weight excluding hydrogens is 478 g/mol. The molecule has 0 radical (unpaired) electrons. The molecule has 0 N–H and O–H groups in total. The van der Waals surface area contributed by atoms with Crippen LogP contribution in [0.15, 0.2) is 48.5 Å². The Bertz CT molecular complexity index is 1250. The number of hydrogen-bond acceptors (Lipinski definition) is 8. The molecule has 0 bridgehead atoms. The fraction of sp³-hybridized carbons (Fsp3) is 0.261. The molecule has 3 aromatic rings. The molecule has 0 saturated carbocycles. The number of benzene rings is 2. The monoisotopic (exact) mass is 501 g/mol. The quantitative estimate of drug-likeness (QED) is 0.490. The number of methoxy groups -OCH3 is 2. The highest BCUT2D eigenvalue weighted by atomic mass is 32.2. The van der Waals surface area contributed by atoms with Crippen molar-refractivity contribution < 1.29 is 27.5 Å². The highest BCUT2D eigenvalue weighted by Crippen LogP contribution is 2.38. The van der Waals surface area contributed by atoms with Crippen LogP contribution in [0.3, 0.4) is 0 Å². The summed E-state index contributed by atoms with van der Waals surface area (Å²) in [7, 11) is -0.388. The second kappa shape index (κ2) is 9.43. The number of carbonyl (C=O) groups excluding carboxylic acids is 2. The van der Waals surface area contributed by atoms with Gasteiger partial charge in [0.1, 0.15) is 28.1 Å². The van der Waals surface area contributed by atoms with Gasteiger partial charge >= 0.3 is 0 Å². The minimum atomic E-state index is -3.58. The van der Waals surface area contributed by atoms with Gasteiger partial charge < -0.3 is 9.47 Å². The first kappa shape index (κ1) is 23.7. The van der Waals surface area contributed by atoms with Crippen LogP contribution < -0.4 is 9.47 Å². The molecule has 1 aromatic heterocycles. The Morgan fingerprint density at radius 2 is 1.59 bits per heavy atom. The van der Waals surface area contributed by atoms with Gasteiger partial charge in [-0.2, -0.15) is 0 Å². The number of nitrogens with zero attached hydrogens (tertiary/aromatic N) is 3. The van der Waals surface area contributed by atoms with Crippen LogP contribution in [0.2, 0.25) is 0 Å². The van der Waals surface area contributed by atoms with Gasteiger partial charge in [0.05, 0.1) is 31.3 Å². The van der Waals surface area contributed by atoms with E-state index in [2.05, 4.69) is 0 Å². The van der Waals surface area contributed by atoms with Crippen molar-refractivity contribution >= 4 is 33.0 Å². The summed E-state index contributed by atoms with van der Waals surface area (Å²) in [6.45, 7) is 1.27. The number of amides is 2. The van der Waals surface area contributed by atoms with Gasteiger partial charge in [-0.25, -0.2) is 23.4 Å². The summed E-state index contributed by atoms with van der Waals surface area (Å²) in [5, 5.41) is 2.68. The first-order chi connectivity index (χ1) is 16.2. The third-order valence-corrected chi connectivity index (χ3v) is 7.69. The van der Waals surface area contributed by atoms with Gasteiger partial charge in [-0.3, -0.25) is 9.59 Å². The van der Waals surface area contributed by atoms with E-state index in [1.54, 1.807) is 14.2 Å². The van der Waals surface area contributed by atoms with Crippen LogP contribution in [0, 0.1) is 0 Å². The lowest BCUT2D eigenvalue weighted by Gasteiger charge is -2.28. The van der Waals surface area contributed by atoms with Crippen molar-refractivity contribution in [1.82, 2.24) is 15.0 Å². The van der Waals surface area contributed by atoms with E-state index < -0.39 is 33.3 Å².